The van der Waals surface area contributed by atoms with Crippen molar-refractivity contribution in [2.24, 2.45) is 0 Å². The summed E-state index contributed by atoms with van der Waals surface area (Å²) < 4.78 is 38.8. The van der Waals surface area contributed by atoms with Crippen LogP contribution in [0.2, 0.25) is 5.02 Å². The van der Waals surface area contributed by atoms with Gasteiger partial charge in [0.2, 0.25) is 0 Å². The topological polar surface area (TPSA) is 91.4 Å². The lowest BCUT2D eigenvalue weighted by atomic mass is 10.3. The van der Waals surface area contributed by atoms with Crippen LogP contribution in [0, 0.1) is 0 Å². The van der Waals surface area contributed by atoms with Gasteiger partial charge in [-0.05, 0) is 23.4 Å². The fourth-order valence-corrected chi connectivity index (χ4v) is 2.22. The fraction of sp³-hybridized carbons (Fsp3) is 0.231. The molecule has 3 aromatic rings. The van der Waals surface area contributed by atoms with Crippen molar-refractivity contribution in [3.63, 3.8) is 0 Å². The Morgan fingerprint density at radius 3 is 2.68 bits per heavy atom. The molecule has 0 bridgehead atoms. The van der Waals surface area contributed by atoms with Crippen LogP contribution in [0.5, 0.6) is 0 Å². The van der Waals surface area contributed by atoms with E-state index >= 15 is 0 Å². The molecule has 25 heavy (non-hydrogen) atoms. The van der Waals surface area contributed by atoms with Crippen molar-refractivity contribution in [1.82, 2.24) is 35.0 Å². The molecule has 0 aromatic carbocycles. The van der Waals surface area contributed by atoms with Gasteiger partial charge >= 0.3 is 6.18 Å². The van der Waals surface area contributed by atoms with E-state index in [4.69, 9.17) is 11.6 Å². The SMILES string of the molecule is CC(=O)c1cc(Cn2nnc(C(F)(F)F)n2)nn1-c1ncccc1Cl. The number of carbonyl (C=O) groups is 1. The minimum absolute atomic E-state index is 0.173. The van der Waals surface area contributed by atoms with Crippen molar-refractivity contribution in [2.75, 3.05) is 0 Å². The first-order valence-electron chi connectivity index (χ1n) is 6.81. The second-order valence-corrected chi connectivity index (χ2v) is 5.35. The predicted molar refractivity (Wildman–Crippen MR) is 78.3 cm³/mol. The quantitative estimate of drug-likeness (QED) is 0.653. The number of Topliss-reactive ketones (excluding diaryl/α,β-unsaturated/α-hetero) is 1. The number of rotatable bonds is 4. The van der Waals surface area contributed by atoms with Crippen molar-refractivity contribution in [3.8, 4) is 5.82 Å². The van der Waals surface area contributed by atoms with Crippen molar-refractivity contribution in [1.29, 1.82) is 0 Å². The zero-order chi connectivity index (χ0) is 18.2. The van der Waals surface area contributed by atoms with Gasteiger partial charge in [0.1, 0.15) is 12.2 Å². The number of hydrogen-bond donors (Lipinski definition) is 0. The van der Waals surface area contributed by atoms with Crippen molar-refractivity contribution in [3.05, 3.63) is 46.6 Å². The van der Waals surface area contributed by atoms with Crippen LogP contribution in [0.3, 0.4) is 0 Å². The van der Waals surface area contributed by atoms with Crippen LogP contribution < -0.4 is 0 Å². The fourth-order valence-electron chi connectivity index (χ4n) is 2.02. The number of carbonyl (C=O) groups excluding carboxylic acids is 1. The Bertz CT molecular complexity index is 934. The predicted octanol–water partition coefficient (Wildman–Crippen LogP) is 2.18. The zero-order valence-electron chi connectivity index (χ0n) is 12.6. The molecule has 0 radical (unpaired) electrons. The van der Waals surface area contributed by atoms with Crippen LogP contribution in [0.15, 0.2) is 24.4 Å². The number of hydrogen-bond acceptors (Lipinski definition) is 6. The molecule has 0 aliphatic rings. The lowest BCUT2D eigenvalue weighted by molar-refractivity contribution is -0.145. The molecule has 0 unspecified atom stereocenters. The summed E-state index contributed by atoms with van der Waals surface area (Å²) in [5.41, 5.74) is 0.421. The highest BCUT2D eigenvalue weighted by Gasteiger charge is 2.36. The largest absolute Gasteiger partial charge is 0.455 e. The summed E-state index contributed by atoms with van der Waals surface area (Å²) in [5.74, 6) is -1.45. The highest BCUT2D eigenvalue weighted by atomic mass is 35.5. The summed E-state index contributed by atoms with van der Waals surface area (Å²) in [6.07, 6.45) is -3.22. The maximum atomic E-state index is 12.5. The van der Waals surface area contributed by atoms with Crippen LogP contribution in [0.25, 0.3) is 5.82 Å². The Hall–Kier alpha value is -2.82. The molecule has 0 fully saturated rings. The van der Waals surface area contributed by atoms with Crippen molar-refractivity contribution >= 4 is 17.4 Å². The minimum Gasteiger partial charge on any atom is -0.293 e. The Balaban J connectivity index is 1.96. The van der Waals surface area contributed by atoms with Gasteiger partial charge in [0.15, 0.2) is 11.6 Å². The summed E-state index contributed by atoms with van der Waals surface area (Å²) in [4.78, 5) is 16.6. The number of halogens is 4. The number of tetrazole rings is 1. The molecule has 0 amide bonds. The smallest absolute Gasteiger partial charge is 0.293 e. The summed E-state index contributed by atoms with van der Waals surface area (Å²) in [6.45, 7) is 1.12. The summed E-state index contributed by atoms with van der Waals surface area (Å²) in [7, 11) is 0. The van der Waals surface area contributed by atoms with E-state index in [9.17, 15) is 18.0 Å². The normalized spacial score (nSPS) is 11.7. The van der Waals surface area contributed by atoms with E-state index < -0.39 is 12.0 Å². The van der Waals surface area contributed by atoms with Gasteiger partial charge in [0.25, 0.3) is 5.82 Å². The molecular weight excluding hydrogens is 363 g/mol. The number of aromatic nitrogens is 7. The Kier molecular flexibility index (Phi) is 4.25. The van der Waals surface area contributed by atoms with E-state index in [1.165, 1.54) is 23.9 Å². The molecule has 0 aliphatic carbocycles. The van der Waals surface area contributed by atoms with E-state index in [1.54, 1.807) is 12.1 Å². The molecule has 0 aliphatic heterocycles. The van der Waals surface area contributed by atoms with Crippen LogP contribution in [0.4, 0.5) is 13.2 Å². The van der Waals surface area contributed by atoms with Crippen LogP contribution in [-0.4, -0.2) is 40.8 Å². The Morgan fingerprint density at radius 2 is 2.08 bits per heavy atom. The number of pyridine rings is 1. The molecule has 3 aromatic heterocycles. The van der Waals surface area contributed by atoms with Crippen LogP contribution in [0.1, 0.15) is 28.9 Å². The first-order chi connectivity index (χ1) is 11.8. The summed E-state index contributed by atoms with van der Waals surface area (Å²) in [6, 6.07) is 4.59. The van der Waals surface area contributed by atoms with Gasteiger partial charge in [0, 0.05) is 13.1 Å². The molecule has 0 saturated heterocycles. The number of ketones is 1. The van der Waals surface area contributed by atoms with Crippen molar-refractivity contribution < 1.29 is 18.0 Å². The number of alkyl halides is 3. The standard InChI is InChI=1S/C13H9ClF3N7O/c1-7(25)10-5-8(6-23-21-12(19-22-23)13(15,16)17)20-24(10)11-9(14)3-2-4-18-11/h2-5H,6H2,1H3. The Labute approximate surface area is 143 Å². The lowest BCUT2D eigenvalue weighted by Gasteiger charge is -2.05. The molecule has 0 atom stereocenters. The van der Waals surface area contributed by atoms with Crippen molar-refractivity contribution in [2.45, 2.75) is 19.6 Å². The van der Waals surface area contributed by atoms with E-state index in [1.807, 2.05) is 0 Å². The van der Waals surface area contributed by atoms with Gasteiger partial charge in [-0.25, -0.2) is 9.67 Å². The maximum Gasteiger partial charge on any atom is 0.455 e. The van der Waals surface area contributed by atoms with Crippen LogP contribution in [-0.2, 0) is 12.7 Å². The monoisotopic (exact) mass is 371 g/mol. The second kappa shape index (κ2) is 6.24. The average Bonchev–Trinajstić information content (AvgIpc) is 3.15. The first kappa shape index (κ1) is 17.0. The molecule has 3 heterocycles. The first-order valence-corrected chi connectivity index (χ1v) is 7.19. The average molecular weight is 372 g/mol. The van der Waals surface area contributed by atoms with Gasteiger partial charge < -0.3 is 0 Å². The second-order valence-electron chi connectivity index (χ2n) is 4.94. The lowest BCUT2D eigenvalue weighted by Crippen LogP contribution is -2.10. The molecule has 8 nitrogen and oxygen atoms in total. The van der Waals surface area contributed by atoms with Gasteiger partial charge in [-0.1, -0.05) is 11.6 Å². The number of nitrogens with zero attached hydrogens (tertiary/aromatic N) is 7. The van der Waals surface area contributed by atoms with Gasteiger partial charge in [-0.3, -0.25) is 4.79 Å². The Morgan fingerprint density at radius 1 is 1.32 bits per heavy atom. The van der Waals surface area contributed by atoms with E-state index in [2.05, 4.69) is 25.5 Å². The molecule has 3 rings (SSSR count). The van der Waals surface area contributed by atoms with Gasteiger partial charge in [-0.2, -0.15) is 23.1 Å². The maximum absolute atomic E-state index is 12.5. The van der Waals surface area contributed by atoms with Gasteiger partial charge in [-0.15, -0.1) is 10.2 Å². The molecule has 0 spiro atoms. The molecule has 130 valence electrons. The third-order valence-corrected chi connectivity index (χ3v) is 3.37. The molecule has 0 N–H and O–H groups in total. The highest BCUT2D eigenvalue weighted by Crippen LogP contribution is 2.25. The van der Waals surface area contributed by atoms with E-state index in [-0.39, 0.29) is 34.6 Å². The van der Waals surface area contributed by atoms with Crippen LogP contribution >= 0.6 is 11.6 Å². The summed E-state index contributed by atoms with van der Waals surface area (Å²) in [5, 5.41) is 13.9. The third kappa shape index (κ3) is 3.50. The summed E-state index contributed by atoms with van der Waals surface area (Å²) >= 11 is 6.06. The zero-order valence-corrected chi connectivity index (χ0v) is 13.3. The highest BCUT2D eigenvalue weighted by molar-refractivity contribution is 6.32. The minimum atomic E-state index is -4.69. The van der Waals surface area contributed by atoms with E-state index in [0.717, 1.165) is 4.80 Å². The van der Waals surface area contributed by atoms with Gasteiger partial charge in [0.05, 0.1) is 10.7 Å². The molecular formula is C13H9ClF3N7O. The third-order valence-electron chi connectivity index (χ3n) is 3.07. The van der Waals surface area contributed by atoms with E-state index in [0.29, 0.717) is 0 Å². The molecule has 0 saturated carbocycles. The molecule has 12 heteroatoms.